The first-order chi connectivity index (χ1) is 11.8. The van der Waals surface area contributed by atoms with Crippen molar-refractivity contribution in [3.8, 4) is 0 Å². The van der Waals surface area contributed by atoms with E-state index >= 15 is 0 Å². The van der Waals surface area contributed by atoms with Gasteiger partial charge >= 0.3 is 6.09 Å². The minimum atomic E-state index is -0.474. The molecule has 7 heteroatoms. The molecule has 0 radical (unpaired) electrons. The van der Waals surface area contributed by atoms with Crippen molar-refractivity contribution in [2.24, 2.45) is 0 Å². The number of aromatic nitrogens is 3. The molecular weight excluding hydrogens is 318 g/mol. The highest BCUT2D eigenvalue weighted by atomic mass is 16.6. The normalized spacial score (nSPS) is 16.4. The summed E-state index contributed by atoms with van der Waals surface area (Å²) in [5.41, 5.74) is 0.621. The Morgan fingerprint density at radius 2 is 2.00 bits per heavy atom. The van der Waals surface area contributed by atoms with Crippen molar-refractivity contribution in [3.63, 3.8) is 0 Å². The molecule has 1 aliphatic rings. The van der Waals surface area contributed by atoms with Crippen molar-refractivity contribution in [2.75, 3.05) is 13.1 Å². The lowest BCUT2D eigenvalue weighted by atomic mass is 10.0. The molecule has 3 rings (SSSR count). The predicted octanol–water partition coefficient (Wildman–Crippen LogP) is 2.41. The van der Waals surface area contributed by atoms with Crippen LogP contribution in [-0.2, 0) is 4.74 Å². The van der Waals surface area contributed by atoms with E-state index in [2.05, 4.69) is 20.5 Å². The summed E-state index contributed by atoms with van der Waals surface area (Å²) in [4.78, 5) is 18.2. The summed E-state index contributed by atoms with van der Waals surface area (Å²) in [6.07, 6.45) is -0.268. The summed E-state index contributed by atoms with van der Waals surface area (Å²) in [5, 5.41) is 10.8. The van der Waals surface area contributed by atoms with Gasteiger partial charge in [0.25, 0.3) is 0 Å². The molecule has 1 aromatic heterocycles. The van der Waals surface area contributed by atoms with Gasteiger partial charge in [-0.25, -0.2) is 9.78 Å². The van der Waals surface area contributed by atoms with E-state index in [0.717, 1.165) is 11.4 Å². The number of rotatable bonds is 4. The molecule has 1 amide bonds. The largest absolute Gasteiger partial charge is 0.444 e. The average Bonchev–Trinajstić information content (AvgIpc) is 2.91. The van der Waals surface area contributed by atoms with Gasteiger partial charge in [0, 0.05) is 19.1 Å². The molecule has 0 aliphatic carbocycles. The minimum Gasteiger partial charge on any atom is -0.444 e. The summed E-state index contributed by atoms with van der Waals surface area (Å²) in [6.45, 7) is 8.72. The number of benzene rings is 1. The molecule has 1 aromatic carbocycles. The fourth-order valence-electron chi connectivity index (χ4n) is 2.75. The maximum atomic E-state index is 12.1. The third kappa shape index (κ3) is 4.36. The number of hydrogen-bond donors (Lipinski definition) is 2. The molecule has 1 fully saturated rings. The third-order valence-electron chi connectivity index (χ3n) is 3.94. The van der Waals surface area contributed by atoms with Crippen LogP contribution in [0.4, 0.5) is 4.79 Å². The quantitative estimate of drug-likeness (QED) is 0.891. The highest BCUT2D eigenvalue weighted by Gasteiger charge is 2.35. The molecule has 1 aliphatic heterocycles. The molecule has 2 aromatic rings. The molecule has 25 heavy (non-hydrogen) atoms. The fourth-order valence-corrected chi connectivity index (χ4v) is 2.75. The van der Waals surface area contributed by atoms with Crippen LogP contribution in [0.25, 0.3) is 0 Å². The Labute approximate surface area is 147 Å². The Morgan fingerprint density at radius 3 is 2.56 bits per heavy atom. The smallest absolute Gasteiger partial charge is 0.410 e. The van der Waals surface area contributed by atoms with Gasteiger partial charge in [0.2, 0.25) is 0 Å². The van der Waals surface area contributed by atoms with Crippen LogP contribution in [-0.4, -0.2) is 50.9 Å². The SMILES string of the molecule is Cc1nc([C@H](NC2CN(C(=O)OC(C)(C)C)C2)c2ccccc2)n[nH]1. The van der Waals surface area contributed by atoms with Crippen molar-refractivity contribution >= 4 is 6.09 Å². The number of carbonyl (C=O) groups excluding carboxylic acids is 1. The van der Waals surface area contributed by atoms with Crippen LogP contribution in [0.15, 0.2) is 30.3 Å². The van der Waals surface area contributed by atoms with Gasteiger partial charge in [-0.1, -0.05) is 30.3 Å². The molecule has 1 saturated heterocycles. The fraction of sp³-hybridized carbons (Fsp3) is 0.500. The standard InChI is InChI=1S/C18H25N5O2/c1-12-19-16(22-21-12)15(13-8-6-5-7-9-13)20-14-10-23(11-14)17(24)25-18(2,3)4/h5-9,14-15,20H,10-11H2,1-4H3,(H,19,21,22)/t15-/m1/s1. The Balaban J connectivity index is 1.64. The van der Waals surface area contributed by atoms with Crippen molar-refractivity contribution in [1.29, 1.82) is 0 Å². The number of likely N-dealkylation sites (tertiary alicyclic amines) is 1. The van der Waals surface area contributed by atoms with Crippen LogP contribution in [0.2, 0.25) is 0 Å². The summed E-state index contributed by atoms with van der Waals surface area (Å²) >= 11 is 0. The Morgan fingerprint density at radius 1 is 1.32 bits per heavy atom. The predicted molar refractivity (Wildman–Crippen MR) is 94.1 cm³/mol. The van der Waals surface area contributed by atoms with Crippen LogP contribution in [0.1, 0.15) is 44.0 Å². The number of carbonyl (C=O) groups is 1. The molecule has 2 heterocycles. The van der Waals surface area contributed by atoms with Crippen LogP contribution in [0, 0.1) is 6.92 Å². The van der Waals surface area contributed by atoms with Crippen molar-refractivity contribution in [2.45, 2.75) is 45.4 Å². The van der Waals surface area contributed by atoms with Crippen LogP contribution in [0.3, 0.4) is 0 Å². The number of aromatic amines is 1. The van der Waals surface area contributed by atoms with E-state index in [-0.39, 0.29) is 18.2 Å². The monoisotopic (exact) mass is 343 g/mol. The number of aryl methyl sites for hydroxylation is 1. The van der Waals surface area contributed by atoms with Gasteiger partial charge in [0.05, 0.1) is 6.04 Å². The van der Waals surface area contributed by atoms with Crippen LogP contribution < -0.4 is 5.32 Å². The van der Waals surface area contributed by atoms with E-state index in [1.165, 1.54) is 0 Å². The van der Waals surface area contributed by atoms with E-state index in [4.69, 9.17) is 4.74 Å². The lowest BCUT2D eigenvalue weighted by Crippen LogP contribution is -2.61. The van der Waals surface area contributed by atoms with Crippen LogP contribution in [0.5, 0.6) is 0 Å². The van der Waals surface area contributed by atoms with Gasteiger partial charge in [-0.3, -0.25) is 10.4 Å². The van der Waals surface area contributed by atoms with Gasteiger partial charge in [0.1, 0.15) is 11.4 Å². The lowest BCUT2D eigenvalue weighted by Gasteiger charge is -2.41. The number of ether oxygens (including phenoxy) is 1. The second kappa shape index (κ2) is 6.84. The zero-order chi connectivity index (χ0) is 18.0. The maximum Gasteiger partial charge on any atom is 0.410 e. The maximum absolute atomic E-state index is 12.1. The number of amides is 1. The van der Waals surface area contributed by atoms with Gasteiger partial charge in [-0.05, 0) is 33.3 Å². The molecule has 7 nitrogen and oxygen atoms in total. The lowest BCUT2D eigenvalue weighted by molar-refractivity contribution is 0.00452. The first-order valence-corrected chi connectivity index (χ1v) is 8.49. The highest BCUT2D eigenvalue weighted by molar-refractivity contribution is 5.69. The van der Waals surface area contributed by atoms with E-state index in [0.29, 0.717) is 18.9 Å². The molecule has 0 spiro atoms. The van der Waals surface area contributed by atoms with Gasteiger partial charge in [0.15, 0.2) is 5.82 Å². The molecular formula is C18H25N5O2. The van der Waals surface area contributed by atoms with E-state index in [1.807, 2.05) is 58.0 Å². The summed E-state index contributed by atoms with van der Waals surface area (Å²) in [6, 6.07) is 10.1. The average molecular weight is 343 g/mol. The van der Waals surface area contributed by atoms with Crippen molar-refractivity contribution < 1.29 is 9.53 Å². The molecule has 134 valence electrons. The summed E-state index contributed by atoms with van der Waals surface area (Å²) in [5.74, 6) is 1.49. The zero-order valence-electron chi connectivity index (χ0n) is 15.1. The van der Waals surface area contributed by atoms with Gasteiger partial charge < -0.3 is 9.64 Å². The van der Waals surface area contributed by atoms with E-state index < -0.39 is 5.60 Å². The third-order valence-corrected chi connectivity index (χ3v) is 3.94. The van der Waals surface area contributed by atoms with E-state index in [1.54, 1.807) is 4.90 Å². The number of nitrogens with zero attached hydrogens (tertiary/aromatic N) is 3. The second-order valence-corrected chi connectivity index (χ2v) is 7.37. The minimum absolute atomic E-state index is 0.114. The topological polar surface area (TPSA) is 83.1 Å². The molecule has 0 unspecified atom stereocenters. The summed E-state index contributed by atoms with van der Waals surface area (Å²) < 4.78 is 5.40. The molecule has 1 atom stereocenters. The number of nitrogens with one attached hydrogen (secondary N) is 2. The zero-order valence-corrected chi connectivity index (χ0v) is 15.1. The number of H-pyrrole nitrogens is 1. The Kier molecular flexibility index (Phi) is 4.76. The van der Waals surface area contributed by atoms with Gasteiger partial charge in [-0.15, -0.1) is 0 Å². The first kappa shape index (κ1) is 17.4. The first-order valence-electron chi connectivity index (χ1n) is 8.49. The molecule has 2 N–H and O–H groups in total. The van der Waals surface area contributed by atoms with E-state index in [9.17, 15) is 4.79 Å². The van der Waals surface area contributed by atoms with Crippen molar-refractivity contribution in [1.82, 2.24) is 25.4 Å². The Bertz CT molecular complexity index is 717. The summed E-state index contributed by atoms with van der Waals surface area (Å²) in [7, 11) is 0. The van der Waals surface area contributed by atoms with Crippen LogP contribution >= 0.6 is 0 Å². The van der Waals surface area contributed by atoms with Gasteiger partial charge in [-0.2, -0.15) is 5.10 Å². The number of hydrogen-bond acceptors (Lipinski definition) is 5. The highest BCUT2D eigenvalue weighted by Crippen LogP contribution is 2.23. The second-order valence-electron chi connectivity index (χ2n) is 7.37. The Hall–Kier alpha value is -2.41. The molecule has 0 bridgehead atoms. The molecule has 0 saturated carbocycles. The van der Waals surface area contributed by atoms with Crippen molar-refractivity contribution in [3.05, 3.63) is 47.5 Å².